The lowest BCUT2D eigenvalue weighted by molar-refractivity contribution is 0.394. The van der Waals surface area contributed by atoms with Crippen LogP contribution in [0.5, 0.6) is 11.5 Å². The van der Waals surface area contributed by atoms with Gasteiger partial charge in [0.25, 0.3) is 0 Å². The van der Waals surface area contributed by atoms with E-state index >= 15 is 0 Å². The van der Waals surface area contributed by atoms with Crippen molar-refractivity contribution in [3.05, 3.63) is 18.2 Å². The van der Waals surface area contributed by atoms with Crippen molar-refractivity contribution in [1.29, 1.82) is 0 Å². The first kappa shape index (κ1) is 12.2. The van der Waals surface area contributed by atoms with E-state index in [0.29, 0.717) is 0 Å². The molecule has 1 aromatic rings. The van der Waals surface area contributed by atoms with Crippen LogP contribution in [0, 0.1) is 0 Å². The summed E-state index contributed by atoms with van der Waals surface area (Å²) in [5, 5.41) is 0. The smallest absolute Gasteiger partial charge is 0.132 e. The highest BCUT2D eigenvalue weighted by Gasteiger charge is 2.04. The quantitative estimate of drug-likeness (QED) is 0.597. The molecule has 1 rings (SSSR count). The molecule has 0 spiro atoms. The monoisotopic (exact) mass is 227 g/mol. The molecular formula is C11H17NO2S. The molecule has 0 unspecified atom stereocenters. The molecule has 0 radical (unpaired) electrons. The standard InChI is InChI=1S/C11H17NO2S/c1-13-9-4-5-10(14-2)11(8-9)15-7-3-6-12/h4-5,8H,3,6-7,12H2,1-2H3. The van der Waals surface area contributed by atoms with Gasteiger partial charge in [0.05, 0.1) is 19.1 Å². The van der Waals surface area contributed by atoms with Crippen molar-refractivity contribution in [2.24, 2.45) is 5.73 Å². The number of methoxy groups -OCH3 is 2. The number of thioether (sulfide) groups is 1. The SMILES string of the molecule is COc1ccc(OC)c(SCCCN)c1. The van der Waals surface area contributed by atoms with Crippen LogP contribution in [0.3, 0.4) is 0 Å². The number of hydrogen-bond donors (Lipinski definition) is 1. The Bertz CT molecular complexity index is 305. The van der Waals surface area contributed by atoms with Crippen LogP contribution in [0.1, 0.15) is 6.42 Å². The van der Waals surface area contributed by atoms with E-state index in [1.54, 1.807) is 26.0 Å². The Kier molecular flexibility index (Phi) is 5.36. The molecule has 1 aromatic carbocycles. The zero-order chi connectivity index (χ0) is 11.1. The summed E-state index contributed by atoms with van der Waals surface area (Å²) >= 11 is 1.74. The minimum atomic E-state index is 0.722. The van der Waals surface area contributed by atoms with Crippen LogP contribution in [-0.2, 0) is 0 Å². The Hall–Kier alpha value is -0.870. The Labute approximate surface area is 94.9 Å². The number of benzene rings is 1. The summed E-state index contributed by atoms with van der Waals surface area (Å²) in [5.41, 5.74) is 5.45. The molecule has 0 saturated carbocycles. The predicted molar refractivity (Wildman–Crippen MR) is 63.9 cm³/mol. The molecular weight excluding hydrogens is 210 g/mol. The van der Waals surface area contributed by atoms with Crippen LogP contribution >= 0.6 is 11.8 Å². The van der Waals surface area contributed by atoms with Crippen LogP contribution in [0.25, 0.3) is 0 Å². The maximum Gasteiger partial charge on any atom is 0.132 e. The van der Waals surface area contributed by atoms with Gasteiger partial charge in [-0.05, 0) is 36.9 Å². The van der Waals surface area contributed by atoms with E-state index in [9.17, 15) is 0 Å². The zero-order valence-electron chi connectivity index (χ0n) is 9.16. The fourth-order valence-corrected chi connectivity index (χ4v) is 2.19. The Morgan fingerprint density at radius 3 is 2.67 bits per heavy atom. The summed E-state index contributed by atoms with van der Waals surface area (Å²) in [7, 11) is 3.34. The molecule has 0 amide bonds. The van der Waals surface area contributed by atoms with Gasteiger partial charge >= 0.3 is 0 Å². The molecule has 0 aromatic heterocycles. The highest BCUT2D eigenvalue weighted by atomic mass is 32.2. The third-order valence-corrected chi connectivity index (χ3v) is 3.10. The number of rotatable bonds is 6. The highest BCUT2D eigenvalue weighted by Crippen LogP contribution is 2.32. The van der Waals surface area contributed by atoms with E-state index < -0.39 is 0 Å². The van der Waals surface area contributed by atoms with E-state index in [2.05, 4.69) is 0 Å². The van der Waals surface area contributed by atoms with Crippen molar-refractivity contribution in [3.8, 4) is 11.5 Å². The minimum absolute atomic E-state index is 0.722. The predicted octanol–water partition coefficient (Wildman–Crippen LogP) is 2.14. The lowest BCUT2D eigenvalue weighted by Crippen LogP contribution is -1.99. The average molecular weight is 227 g/mol. The van der Waals surface area contributed by atoms with Gasteiger partial charge in [-0.25, -0.2) is 0 Å². The van der Waals surface area contributed by atoms with Crippen LogP contribution < -0.4 is 15.2 Å². The van der Waals surface area contributed by atoms with Gasteiger partial charge in [-0.3, -0.25) is 0 Å². The first-order valence-corrected chi connectivity index (χ1v) is 5.85. The molecule has 4 heteroatoms. The summed E-state index contributed by atoms with van der Waals surface area (Å²) in [5.74, 6) is 2.74. The highest BCUT2D eigenvalue weighted by molar-refractivity contribution is 7.99. The molecule has 0 aliphatic carbocycles. The Balaban J connectivity index is 2.72. The number of ether oxygens (including phenoxy) is 2. The van der Waals surface area contributed by atoms with Crippen LogP contribution in [-0.4, -0.2) is 26.5 Å². The van der Waals surface area contributed by atoms with Gasteiger partial charge in [-0.2, -0.15) is 0 Å². The van der Waals surface area contributed by atoms with Gasteiger partial charge in [0, 0.05) is 0 Å². The zero-order valence-corrected chi connectivity index (χ0v) is 9.97. The van der Waals surface area contributed by atoms with E-state index in [-0.39, 0.29) is 0 Å². The summed E-state index contributed by atoms with van der Waals surface area (Å²) < 4.78 is 10.4. The van der Waals surface area contributed by atoms with E-state index in [0.717, 1.165) is 35.1 Å². The van der Waals surface area contributed by atoms with Crippen molar-refractivity contribution in [1.82, 2.24) is 0 Å². The Morgan fingerprint density at radius 1 is 1.27 bits per heavy atom. The van der Waals surface area contributed by atoms with E-state index in [4.69, 9.17) is 15.2 Å². The molecule has 0 atom stereocenters. The molecule has 0 aliphatic rings. The molecule has 0 saturated heterocycles. The van der Waals surface area contributed by atoms with E-state index in [1.807, 2.05) is 18.2 Å². The van der Waals surface area contributed by atoms with Crippen LogP contribution in [0.2, 0.25) is 0 Å². The molecule has 84 valence electrons. The third-order valence-electron chi connectivity index (χ3n) is 1.98. The molecule has 0 heterocycles. The second kappa shape index (κ2) is 6.58. The van der Waals surface area contributed by atoms with Crippen LogP contribution in [0.4, 0.5) is 0 Å². The summed E-state index contributed by atoms with van der Waals surface area (Å²) in [6.45, 7) is 0.722. The largest absolute Gasteiger partial charge is 0.497 e. The van der Waals surface area contributed by atoms with Gasteiger partial charge in [-0.15, -0.1) is 11.8 Å². The average Bonchev–Trinajstić information content (AvgIpc) is 2.29. The normalized spacial score (nSPS) is 10.1. The number of nitrogens with two attached hydrogens (primary N) is 1. The first-order valence-electron chi connectivity index (χ1n) is 4.86. The van der Waals surface area contributed by atoms with Crippen molar-refractivity contribution in [2.75, 3.05) is 26.5 Å². The lowest BCUT2D eigenvalue weighted by atomic mass is 10.3. The van der Waals surface area contributed by atoms with Crippen molar-refractivity contribution >= 4 is 11.8 Å². The van der Waals surface area contributed by atoms with Crippen molar-refractivity contribution in [3.63, 3.8) is 0 Å². The number of hydrogen-bond acceptors (Lipinski definition) is 4. The van der Waals surface area contributed by atoms with Crippen molar-refractivity contribution < 1.29 is 9.47 Å². The van der Waals surface area contributed by atoms with Gasteiger partial charge in [-0.1, -0.05) is 0 Å². The van der Waals surface area contributed by atoms with Crippen molar-refractivity contribution in [2.45, 2.75) is 11.3 Å². The third kappa shape index (κ3) is 3.64. The second-order valence-corrected chi connectivity index (χ2v) is 4.14. The maximum atomic E-state index is 5.45. The van der Waals surface area contributed by atoms with Gasteiger partial charge in [0.15, 0.2) is 0 Å². The fourth-order valence-electron chi connectivity index (χ4n) is 1.16. The summed E-state index contributed by atoms with van der Waals surface area (Å²) in [6, 6.07) is 5.80. The van der Waals surface area contributed by atoms with E-state index in [1.165, 1.54) is 0 Å². The lowest BCUT2D eigenvalue weighted by Gasteiger charge is -2.09. The summed E-state index contributed by atoms with van der Waals surface area (Å²) in [6.07, 6.45) is 1.00. The molecule has 15 heavy (non-hydrogen) atoms. The van der Waals surface area contributed by atoms with Gasteiger partial charge in [0.1, 0.15) is 11.5 Å². The Morgan fingerprint density at radius 2 is 2.07 bits per heavy atom. The molecule has 2 N–H and O–H groups in total. The van der Waals surface area contributed by atoms with Crippen LogP contribution in [0.15, 0.2) is 23.1 Å². The van der Waals surface area contributed by atoms with Gasteiger partial charge < -0.3 is 15.2 Å². The molecule has 0 bridgehead atoms. The second-order valence-electron chi connectivity index (χ2n) is 3.01. The first-order chi connectivity index (χ1) is 7.31. The molecule has 0 aliphatic heterocycles. The molecule has 3 nitrogen and oxygen atoms in total. The minimum Gasteiger partial charge on any atom is -0.497 e. The maximum absolute atomic E-state index is 5.45. The summed E-state index contributed by atoms with van der Waals surface area (Å²) in [4.78, 5) is 1.10. The fraction of sp³-hybridized carbons (Fsp3) is 0.455. The van der Waals surface area contributed by atoms with Gasteiger partial charge in [0.2, 0.25) is 0 Å². The topological polar surface area (TPSA) is 44.5 Å². The molecule has 0 fully saturated rings.